The van der Waals surface area contributed by atoms with Crippen molar-refractivity contribution in [3.05, 3.63) is 83.3 Å². The fourth-order valence-corrected chi connectivity index (χ4v) is 3.59. The van der Waals surface area contributed by atoms with Crippen LogP contribution in [-0.2, 0) is 13.0 Å². The van der Waals surface area contributed by atoms with Gasteiger partial charge in [0.1, 0.15) is 11.5 Å². The van der Waals surface area contributed by atoms with Crippen molar-refractivity contribution in [1.29, 1.82) is 0 Å². The molecule has 0 bridgehead atoms. The van der Waals surface area contributed by atoms with Crippen LogP contribution >= 0.6 is 0 Å². The van der Waals surface area contributed by atoms with Crippen LogP contribution in [0.2, 0.25) is 0 Å². The van der Waals surface area contributed by atoms with Gasteiger partial charge in [0.05, 0.1) is 12.4 Å². The minimum atomic E-state index is -0.0730. The Morgan fingerprint density at radius 2 is 1.75 bits per heavy atom. The minimum absolute atomic E-state index is 0.0730. The summed E-state index contributed by atoms with van der Waals surface area (Å²) in [6, 6.07) is 16.4. The fraction of sp³-hybridized carbons (Fsp3) is 0.261. The highest BCUT2D eigenvalue weighted by molar-refractivity contribution is 5.92. The molecule has 1 aliphatic heterocycles. The zero-order chi connectivity index (χ0) is 19.5. The first kappa shape index (κ1) is 18.2. The van der Waals surface area contributed by atoms with E-state index in [1.54, 1.807) is 12.4 Å². The molecule has 4 rings (SSSR count). The number of nitrogens with zero attached hydrogens (tertiary/aromatic N) is 3. The first-order valence-electron chi connectivity index (χ1n) is 9.66. The number of carbonyl (C=O) groups is 1. The molecule has 5 heteroatoms. The molecule has 0 spiro atoms. The largest absolute Gasteiger partial charge is 0.339 e. The third kappa shape index (κ3) is 3.74. The Morgan fingerprint density at radius 1 is 1.00 bits per heavy atom. The number of carbonyl (C=O) groups excluding carboxylic acids is 1. The summed E-state index contributed by atoms with van der Waals surface area (Å²) < 4.78 is 0. The summed E-state index contributed by atoms with van der Waals surface area (Å²) in [6.07, 6.45) is 4.06. The van der Waals surface area contributed by atoms with E-state index in [0.29, 0.717) is 30.5 Å². The second-order valence-electron chi connectivity index (χ2n) is 7.40. The predicted octanol–water partition coefficient (Wildman–Crippen LogP) is 4.54. The lowest BCUT2D eigenvalue weighted by Crippen LogP contribution is -2.36. The number of para-hydroxylation sites is 1. The van der Waals surface area contributed by atoms with Gasteiger partial charge < -0.3 is 10.2 Å². The molecular weight excluding hydrogens is 348 g/mol. The third-order valence-corrected chi connectivity index (χ3v) is 5.13. The van der Waals surface area contributed by atoms with Crippen LogP contribution in [0.4, 0.5) is 11.5 Å². The molecule has 3 aromatic rings. The summed E-state index contributed by atoms with van der Waals surface area (Å²) in [4.78, 5) is 23.4. The van der Waals surface area contributed by atoms with Crippen LogP contribution in [0.1, 0.15) is 46.9 Å². The third-order valence-electron chi connectivity index (χ3n) is 5.13. The van der Waals surface area contributed by atoms with E-state index >= 15 is 0 Å². The number of anilines is 2. The van der Waals surface area contributed by atoms with Crippen LogP contribution in [0.15, 0.2) is 60.9 Å². The maximum atomic E-state index is 12.8. The first-order valence-corrected chi connectivity index (χ1v) is 9.66. The van der Waals surface area contributed by atoms with E-state index < -0.39 is 0 Å². The van der Waals surface area contributed by atoms with Gasteiger partial charge in [0, 0.05) is 18.8 Å². The van der Waals surface area contributed by atoms with E-state index in [4.69, 9.17) is 0 Å². The van der Waals surface area contributed by atoms with Crippen molar-refractivity contribution in [2.75, 3.05) is 11.9 Å². The predicted molar refractivity (Wildman–Crippen MR) is 111 cm³/mol. The molecule has 2 aromatic carbocycles. The van der Waals surface area contributed by atoms with Gasteiger partial charge in [0.15, 0.2) is 0 Å². The highest BCUT2D eigenvalue weighted by Crippen LogP contribution is 2.26. The van der Waals surface area contributed by atoms with Crippen LogP contribution in [0, 0.1) is 0 Å². The quantitative estimate of drug-likeness (QED) is 0.730. The monoisotopic (exact) mass is 372 g/mol. The van der Waals surface area contributed by atoms with Crippen LogP contribution < -0.4 is 5.32 Å². The van der Waals surface area contributed by atoms with Gasteiger partial charge in [-0.1, -0.05) is 56.3 Å². The van der Waals surface area contributed by atoms with Gasteiger partial charge in [-0.3, -0.25) is 4.79 Å². The van der Waals surface area contributed by atoms with Crippen LogP contribution in [-0.4, -0.2) is 27.3 Å². The zero-order valence-electron chi connectivity index (χ0n) is 16.2. The van der Waals surface area contributed by atoms with Crippen molar-refractivity contribution in [1.82, 2.24) is 14.9 Å². The Hall–Kier alpha value is -3.21. The van der Waals surface area contributed by atoms with Gasteiger partial charge in [0.25, 0.3) is 5.91 Å². The lowest BCUT2D eigenvalue weighted by Gasteiger charge is -2.28. The second-order valence-corrected chi connectivity index (χ2v) is 7.40. The number of fused-ring (bicyclic) bond motifs is 1. The second kappa shape index (κ2) is 7.80. The smallest absolute Gasteiger partial charge is 0.274 e. The number of hydrogen-bond donors (Lipinski definition) is 1. The van der Waals surface area contributed by atoms with Gasteiger partial charge in [0.2, 0.25) is 0 Å². The lowest BCUT2D eigenvalue weighted by molar-refractivity contribution is 0.0728. The molecule has 1 amide bonds. The number of amides is 1. The number of aromatic nitrogens is 2. The Morgan fingerprint density at radius 3 is 2.50 bits per heavy atom. The van der Waals surface area contributed by atoms with Crippen LogP contribution in [0.5, 0.6) is 0 Å². The van der Waals surface area contributed by atoms with Gasteiger partial charge in [-0.25, -0.2) is 9.97 Å². The van der Waals surface area contributed by atoms with E-state index in [2.05, 4.69) is 47.3 Å². The Labute approximate surface area is 165 Å². The highest BCUT2D eigenvalue weighted by Gasteiger charge is 2.22. The molecule has 1 N–H and O–H groups in total. The van der Waals surface area contributed by atoms with Crippen molar-refractivity contribution in [2.24, 2.45) is 0 Å². The molecule has 0 aliphatic carbocycles. The topological polar surface area (TPSA) is 58.1 Å². The van der Waals surface area contributed by atoms with Crippen molar-refractivity contribution >= 4 is 17.4 Å². The summed E-state index contributed by atoms with van der Waals surface area (Å²) in [5, 5.41) is 3.31. The van der Waals surface area contributed by atoms with Crippen LogP contribution in [0.25, 0.3) is 0 Å². The molecule has 1 aliphatic rings. The van der Waals surface area contributed by atoms with Crippen molar-refractivity contribution < 1.29 is 4.79 Å². The average molecular weight is 372 g/mol. The summed E-state index contributed by atoms with van der Waals surface area (Å²) >= 11 is 0. The van der Waals surface area contributed by atoms with E-state index in [-0.39, 0.29) is 5.91 Å². The number of benzene rings is 2. The first-order chi connectivity index (χ1) is 13.6. The van der Waals surface area contributed by atoms with Crippen molar-refractivity contribution in [3.8, 4) is 0 Å². The van der Waals surface area contributed by atoms with E-state index in [9.17, 15) is 4.79 Å². The average Bonchev–Trinajstić information content (AvgIpc) is 2.73. The van der Waals surface area contributed by atoms with E-state index in [0.717, 1.165) is 12.1 Å². The van der Waals surface area contributed by atoms with Gasteiger partial charge >= 0.3 is 0 Å². The van der Waals surface area contributed by atoms with Gasteiger partial charge in [-0.05, 0) is 35.1 Å². The minimum Gasteiger partial charge on any atom is -0.339 e. The summed E-state index contributed by atoms with van der Waals surface area (Å²) in [5.74, 6) is 0.962. The number of nitrogens with one attached hydrogen (secondary N) is 1. The van der Waals surface area contributed by atoms with Gasteiger partial charge in [-0.2, -0.15) is 0 Å². The molecule has 0 atom stereocenters. The molecule has 2 heterocycles. The van der Waals surface area contributed by atoms with Crippen LogP contribution in [0.3, 0.4) is 0 Å². The summed E-state index contributed by atoms with van der Waals surface area (Å²) in [5.41, 5.74) is 5.14. The highest BCUT2D eigenvalue weighted by atomic mass is 16.2. The molecule has 0 saturated heterocycles. The van der Waals surface area contributed by atoms with Crippen molar-refractivity contribution in [3.63, 3.8) is 0 Å². The molecule has 5 nitrogen and oxygen atoms in total. The summed E-state index contributed by atoms with van der Waals surface area (Å²) in [7, 11) is 0. The standard InChI is InChI=1S/C23H24N4O/c1-16(2)19-9-5-6-10-20(19)26-22-14-24-21(13-25-22)23(28)27-12-11-17-7-3-4-8-18(17)15-27/h3-10,13-14,16H,11-12,15H2,1-2H3,(H,25,26). The number of hydrogen-bond acceptors (Lipinski definition) is 4. The lowest BCUT2D eigenvalue weighted by atomic mass is 10.00. The maximum Gasteiger partial charge on any atom is 0.274 e. The molecule has 1 aromatic heterocycles. The van der Waals surface area contributed by atoms with Crippen molar-refractivity contribution in [2.45, 2.75) is 32.7 Å². The normalized spacial score (nSPS) is 13.3. The van der Waals surface area contributed by atoms with Gasteiger partial charge in [-0.15, -0.1) is 0 Å². The Balaban J connectivity index is 1.47. The fourth-order valence-electron chi connectivity index (χ4n) is 3.59. The van der Waals surface area contributed by atoms with E-state index in [1.807, 2.05) is 35.2 Å². The molecule has 28 heavy (non-hydrogen) atoms. The molecule has 142 valence electrons. The SMILES string of the molecule is CC(C)c1ccccc1Nc1cnc(C(=O)N2CCc3ccccc3C2)cn1. The molecule has 0 saturated carbocycles. The Kier molecular flexibility index (Phi) is 5.06. The Bertz CT molecular complexity index is 982. The summed E-state index contributed by atoms with van der Waals surface area (Å²) in [6.45, 7) is 5.65. The molecule has 0 unspecified atom stereocenters. The molecule has 0 radical (unpaired) electrons. The molecule has 0 fully saturated rings. The molecular formula is C23H24N4O. The zero-order valence-corrected chi connectivity index (χ0v) is 16.2. The maximum absolute atomic E-state index is 12.8. The number of rotatable bonds is 4. The van der Waals surface area contributed by atoms with E-state index in [1.165, 1.54) is 16.7 Å².